The number of alkyl halides is 1. The molecule has 0 heterocycles. The first-order chi connectivity index (χ1) is 7.61. The van der Waals surface area contributed by atoms with Crippen molar-refractivity contribution in [3.8, 4) is 0 Å². The zero-order valence-corrected chi connectivity index (χ0v) is 8.97. The number of rotatable bonds is 1. The van der Waals surface area contributed by atoms with Gasteiger partial charge in [0, 0.05) is 5.92 Å². The van der Waals surface area contributed by atoms with Crippen LogP contribution >= 0.6 is 0 Å². The van der Waals surface area contributed by atoms with Crippen LogP contribution in [0.5, 0.6) is 0 Å². The van der Waals surface area contributed by atoms with Gasteiger partial charge in [-0.2, -0.15) is 0 Å². The first kappa shape index (κ1) is 9.20. The first-order valence-electron chi connectivity index (χ1n) is 6.22. The van der Waals surface area contributed by atoms with E-state index in [0.717, 1.165) is 12.8 Å². The molecule has 4 bridgehead atoms. The lowest BCUT2D eigenvalue weighted by Crippen LogP contribution is -2.46. The number of carbonyl (C=O) groups is 1. The molecule has 7 atom stereocenters. The van der Waals surface area contributed by atoms with Gasteiger partial charge in [-0.1, -0.05) is 12.2 Å². The van der Waals surface area contributed by atoms with Crippen LogP contribution in [0.4, 0.5) is 4.39 Å². The molecule has 0 aliphatic heterocycles. The van der Waals surface area contributed by atoms with Crippen LogP contribution in [0.2, 0.25) is 0 Å². The van der Waals surface area contributed by atoms with Gasteiger partial charge in [0.1, 0.15) is 0 Å². The van der Waals surface area contributed by atoms with Gasteiger partial charge in [0.25, 0.3) is 0 Å². The van der Waals surface area contributed by atoms with E-state index in [2.05, 4.69) is 12.2 Å². The SMILES string of the molecule is O=C(O)C1(F)CC2CC1C1C3C=CC(C3)C21. The van der Waals surface area contributed by atoms with Gasteiger partial charge in [-0.3, -0.25) is 0 Å². The second kappa shape index (κ2) is 2.52. The van der Waals surface area contributed by atoms with Crippen LogP contribution in [-0.2, 0) is 4.79 Å². The smallest absolute Gasteiger partial charge is 0.341 e. The quantitative estimate of drug-likeness (QED) is 0.546. The summed E-state index contributed by atoms with van der Waals surface area (Å²) in [6.45, 7) is 0. The molecule has 4 rings (SSSR count). The third-order valence-corrected chi connectivity index (χ3v) is 5.65. The number of aliphatic carboxylic acids is 1. The largest absolute Gasteiger partial charge is 0.479 e. The van der Waals surface area contributed by atoms with Gasteiger partial charge in [0.2, 0.25) is 5.67 Å². The molecule has 0 aromatic carbocycles. The van der Waals surface area contributed by atoms with Crippen molar-refractivity contribution in [2.75, 3.05) is 0 Å². The molecular formula is C13H15FO2. The molecule has 0 saturated heterocycles. The van der Waals surface area contributed by atoms with E-state index in [1.165, 1.54) is 0 Å². The maximum Gasteiger partial charge on any atom is 0.341 e. The average Bonchev–Trinajstić information content (AvgIpc) is 2.92. The molecule has 1 N–H and O–H groups in total. The highest BCUT2D eigenvalue weighted by Crippen LogP contribution is 2.68. The van der Waals surface area contributed by atoms with Crippen molar-refractivity contribution in [2.24, 2.45) is 35.5 Å². The highest BCUT2D eigenvalue weighted by Gasteiger charge is 2.69. The van der Waals surface area contributed by atoms with Crippen molar-refractivity contribution in [3.63, 3.8) is 0 Å². The van der Waals surface area contributed by atoms with E-state index in [0.29, 0.717) is 29.6 Å². The molecule has 4 aliphatic carbocycles. The second-order valence-corrected chi connectivity index (χ2v) is 6.08. The van der Waals surface area contributed by atoms with Crippen LogP contribution in [0.25, 0.3) is 0 Å². The zero-order valence-electron chi connectivity index (χ0n) is 8.97. The van der Waals surface area contributed by atoms with Crippen LogP contribution in [0.15, 0.2) is 12.2 Å². The fraction of sp³-hybridized carbons (Fsp3) is 0.769. The summed E-state index contributed by atoms with van der Waals surface area (Å²) in [6, 6.07) is 0. The van der Waals surface area contributed by atoms with Gasteiger partial charge in [-0.05, 0) is 48.9 Å². The molecule has 3 heteroatoms. The van der Waals surface area contributed by atoms with Crippen LogP contribution in [0, 0.1) is 35.5 Å². The molecule has 0 radical (unpaired) electrons. The lowest BCUT2D eigenvalue weighted by atomic mass is 9.68. The number of hydrogen-bond donors (Lipinski definition) is 1. The summed E-state index contributed by atoms with van der Waals surface area (Å²) in [5.41, 5.74) is -1.91. The molecule has 86 valence electrons. The number of carboxylic acid groups (broad SMARTS) is 1. The summed E-state index contributed by atoms with van der Waals surface area (Å²) in [6.07, 6.45) is 6.72. The lowest BCUT2D eigenvalue weighted by Gasteiger charge is -2.38. The molecular weight excluding hydrogens is 207 g/mol. The summed E-state index contributed by atoms with van der Waals surface area (Å²) in [5.74, 6) is 0.933. The van der Waals surface area contributed by atoms with Crippen LogP contribution in [-0.4, -0.2) is 16.7 Å². The zero-order chi connectivity index (χ0) is 11.1. The maximum absolute atomic E-state index is 14.5. The van der Waals surface area contributed by atoms with Gasteiger partial charge >= 0.3 is 5.97 Å². The number of carboxylic acids is 1. The Labute approximate surface area is 93.5 Å². The fourth-order valence-electron chi connectivity index (χ4n) is 5.26. The fourth-order valence-corrected chi connectivity index (χ4v) is 5.26. The van der Waals surface area contributed by atoms with Crippen molar-refractivity contribution in [1.29, 1.82) is 0 Å². The van der Waals surface area contributed by atoms with E-state index >= 15 is 0 Å². The van der Waals surface area contributed by atoms with E-state index in [4.69, 9.17) is 5.11 Å². The Morgan fingerprint density at radius 3 is 2.62 bits per heavy atom. The standard InChI is InChI=1S/C13H15FO2/c14-13(12(15)16)5-8-4-9(13)11-7-2-1-6(3-7)10(8)11/h1-2,6-11H,3-5H2,(H,15,16). The van der Waals surface area contributed by atoms with Gasteiger partial charge in [-0.15, -0.1) is 0 Å². The number of halogens is 1. The normalized spacial score (nSPS) is 60.6. The number of allylic oxidation sites excluding steroid dienone is 2. The van der Waals surface area contributed by atoms with Gasteiger partial charge in [0.05, 0.1) is 0 Å². The summed E-state index contributed by atoms with van der Waals surface area (Å²) in [7, 11) is 0. The van der Waals surface area contributed by atoms with Crippen LogP contribution in [0.3, 0.4) is 0 Å². The molecule has 0 aromatic rings. The molecule has 2 nitrogen and oxygen atoms in total. The Morgan fingerprint density at radius 2 is 1.94 bits per heavy atom. The molecule has 0 amide bonds. The predicted octanol–water partition coefficient (Wildman–Crippen LogP) is 2.26. The monoisotopic (exact) mass is 222 g/mol. The van der Waals surface area contributed by atoms with E-state index < -0.39 is 11.6 Å². The molecule has 16 heavy (non-hydrogen) atoms. The minimum absolute atomic E-state index is 0.208. The predicted molar refractivity (Wildman–Crippen MR) is 55.4 cm³/mol. The van der Waals surface area contributed by atoms with Crippen LogP contribution in [0.1, 0.15) is 19.3 Å². The summed E-state index contributed by atoms with van der Waals surface area (Å²) >= 11 is 0. The summed E-state index contributed by atoms with van der Waals surface area (Å²) in [5, 5.41) is 9.09. The Bertz CT molecular complexity index is 405. The minimum Gasteiger partial charge on any atom is -0.479 e. The van der Waals surface area contributed by atoms with Crippen molar-refractivity contribution < 1.29 is 14.3 Å². The van der Waals surface area contributed by atoms with Gasteiger partial charge in [-0.25, -0.2) is 9.18 Å². The van der Waals surface area contributed by atoms with Crippen molar-refractivity contribution in [3.05, 3.63) is 12.2 Å². The highest BCUT2D eigenvalue weighted by atomic mass is 19.1. The van der Waals surface area contributed by atoms with E-state index in [1.54, 1.807) is 0 Å². The molecule has 0 aromatic heterocycles. The Morgan fingerprint density at radius 1 is 1.25 bits per heavy atom. The molecule has 7 unspecified atom stereocenters. The third kappa shape index (κ3) is 0.802. The average molecular weight is 222 g/mol. The van der Waals surface area contributed by atoms with Crippen molar-refractivity contribution in [1.82, 2.24) is 0 Å². The van der Waals surface area contributed by atoms with E-state index in [1.807, 2.05) is 0 Å². The van der Waals surface area contributed by atoms with Gasteiger partial charge < -0.3 is 5.11 Å². The summed E-state index contributed by atoms with van der Waals surface area (Å²) < 4.78 is 14.5. The lowest BCUT2D eigenvalue weighted by molar-refractivity contribution is -0.157. The summed E-state index contributed by atoms with van der Waals surface area (Å²) in [4.78, 5) is 11.1. The Hall–Kier alpha value is -0.860. The molecule has 4 aliphatic rings. The Balaban J connectivity index is 1.76. The highest BCUT2D eigenvalue weighted by molar-refractivity contribution is 5.78. The van der Waals surface area contributed by atoms with E-state index in [9.17, 15) is 9.18 Å². The number of fused-ring (bicyclic) bond motifs is 9. The minimum atomic E-state index is -1.91. The second-order valence-electron chi connectivity index (χ2n) is 6.08. The van der Waals surface area contributed by atoms with Crippen LogP contribution < -0.4 is 0 Å². The van der Waals surface area contributed by atoms with Crippen molar-refractivity contribution in [2.45, 2.75) is 24.9 Å². The number of hydrogen-bond acceptors (Lipinski definition) is 1. The molecule has 3 fully saturated rings. The maximum atomic E-state index is 14.5. The van der Waals surface area contributed by atoms with Crippen molar-refractivity contribution >= 4 is 5.97 Å². The van der Waals surface area contributed by atoms with E-state index in [-0.39, 0.29) is 12.3 Å². The topological polar surface area (TPSA) is 37.3 Å². The third-order valence-electron chi connectivity index (χ3n) is 5.65. The Kier molecular flexibility index (Phi) is 1.45. The molecule has 0 spiro atoms. The van der Waals surface area contributed by atoms with Gasteiger partial charge in [0.15, 0.2) is 0 Å². The molecule has 3 saturated carbocycles. The first-order valence-corrected chi connectivity index (χ1v) is 6.22.